The molecule has 0 aliphatic heterocycles. The van der Waals surface area contributed by atoms with Crippen LogP contribution in [-0.2, 0) is 5.41 Å². The quantitative estimate of drug-likeness (QED) is 0.190. The van der Waals surface area contributed by atoms with E-state index in [1.807, 2.05) is 48.8 Å². The van der Waals surface area contributed by atoms with Crippen molar-refractivity contribution in [2.24, 2.45) is 0 Å². The van der Waals surface area contributed by atoms with Crippen molar-refractivity contribution in [2.45, 2.75) is 19.3 Å². The molecule has 0 spiro atoms. The standard InChI is InChI=1S/C47H30N2O2/c1-47(2)36-24-28(16-18-32(36)33-19-17-29(25-37(33)47)31-11-8-22-48-26-31)27-9-7-10-30(23-27)45-43-35-13-4-6-15-40(35)51-46(43)44-38(49-45)20-21-41-42(44)34-12-3-5-14-39(34)50-41/h3-26H,1-2H3. The summed E-state index contributed by atoms with van der Waals surface area (Å²) in [6.45, 7) is 4.68. The number of fused-ring (bicyclic) bond motifs is 12. The largest absolute Gasteiger partial charge is 0.456 e. The topological polar surface area (TPSA) is 52.1 Å². The SMILES string of the molecule is CC1(C)c2cc(-c3cccnc3)ccc2-c2ccc(-c3cccc(-c4nc5ccc6oc7ccccc7c6c5c5oc6ccccc6c45)c3)cc21. The van der Waals surface area contributed by atoms with Gasteiger partial charge in [0, 0.05) is 39.5 Å². The summed E-state index contributed by atoms with van der Waals surface area (Å²) in [5, 5.41) is 5.15. The van der Waals surface area contributed by atoms with Crippen molar-refractivity contribution < 1.29 is 8.83 Å². The van der Waals surface area contributed by atoms with E-state index in [9.17, 15) is 0 Å². The van der Waals surface area contributed by atoms with Gasteiger partial charge in [-0.1, -0.05) is 98.8 Å². The Bertz CT molecular complexity index is 3060. The number of pyridine rings is 2. The molecular weight excluding hydrogens is 625 g/mol. The Kier molecular flexibility index (Phi) is 5.70. The number of furan rings is 2. The normalized spacial score (nSPS) is 13.5. The molecule has 4 nitrogen and oxygen atoms in total. The van der Waals surface area contributed by atoms with Gasteiger partial charge in [-0.25, -0.2) is 4.98 Å². The molecule has 0 atom stereocenters. The third-order valence-corrected chi connectivity index (χ3v) is 11.0. The lowest BCUT2D eigenvalue weighted by Gasteiger charge is -2.22. The maximum absolute atomic E-state index is 6.72. The van der Waals surface area contributed by atoms with Gasteiger partial charge in [-0.15, -0.1) is 0 Å². The maximum atomic E-state index is 6.72. The van der Waals surface area contributed by atoms with E-state index in [4.69, 9.17) is 13.8 Å². The summed E-state index contributed by atoms with van der Waals surface area (Å²) in [4.78, 5) is 9.76. The Hall–Kier alpha value is -6.52. The molecule has 1 aliphatic rings. The zero-order chi connectivity index (χ0) is 33.8. The molecule has 1 aliphatic carbocycles. The second-order valence-electron chi connectivity index (χ2n) is 14.2. The lowest BCUT2D eigenvalue weighted by molar-refractivity contribution is 0.661. The third kappa shape index (κ3) is 4.02. The lowest BCUT2D eigenvalue weighted by atomic mass is 9.81. The van der Waals surface area contributed by atoms with Crippen LogP contribution in [0.15, 0.2) is 155 Å². The van der Waals surface area contributed by atoms with Gasteiger partial charge in [-0.3, -0.25) is 4.98 Å². The summed E-state index contributed by atoms with van der Waals surface area (Å²) in [5.41, 5.74) is 16.0. The molecular formula is C47H30N2O2. The van der Waals surface area contributed by atoms with E-state index in [0.717, 1.165) is 77.2 Å². The third-order valence-electron chi connectivity index (χ3n) is 11.0. The van der Waals surface area contributed by atoms with Gasteiger partial charge in [0.05, 0.1) is 22.0 Å². The van der Waals surface area contributed by atoms with Gasteiger partial charge in [0.15, 0.2) is 0 Å². The van der Waals surface area contributed by atoms with E-state index in [-0.39, 0.29) is 5.41 Å². The molecule has 6 aromatic carbocycles. The second kappa shape index (κ2) is 10.3. The Morgan fingerprint density at radius 1 is 0.490 bits per heavy atom. The molecule has 0 radical (unpaired) electrons. The minimum absolute atomic E-state index is 0.152. The number of rotatable bonds is 3. The summed E-state index contributed by atoms with van der Waals surface area (Å²) in [6, 6.07) is 47.2. The zero-order valence-electron chi connectivity index (χ0n) is 28.1. The van der Waals surface area contributed by atoms with Crippen molar-refractivity contribution in [3.8, 4) is 44.6 Å². The van der Waals surface area contributed by atoms with E-state index in [1.54, 1.807) is 0 Å². The number of para-hydroxylation sites is 2. The lowest BCUT2D eigenvalue weighted by Crippen LogP contribution is -2.15. The number of benzene rings is 6. The van der Waals surface area contributed by atoms with E-state index < -0.39 is 0 Å². The number of hydrogen-bond donors (Lipinski definition) is 0. The van der Waals surface area contributed by atoms with Crippen LogP contribution in [0.1, 0.15) is 25.0 Å². The molecule has 4 aromatic heterocycles. The van der Waals surface area contributed by atoms with Crippen molar-refractivity contribution in [1.82, 2.24) is 9.97 Å². The number of nitrogens with zero attached hydrogens (tertiary/aromatic N) is 2. The molecule has 0 fully saturated rings. The van der Waals surface area contributed by atoms with Gasteiger partial charge < -0.3 is 8.83 Å². The molecule has 0 amide bonds. The van der Waals surface area contributed by atoms with Crippen molar-refractivity contribution in [2.75, 3.05) is 0 Å². The molecule has 0 N–H and O–H groups in total. The Morgan fingerprint density at radius 3 is 1.88 bits per heavy atom. The summed E-state index contributed by atoms with van der Waals surface area (Å²) in [5.74, 6) is 0. The highest BCUT2D eigenvalue weighted by molar-refractivity contribution is 6.29. The van der Waals surface area contributed by atoms with Gasteiger partial charge in [-0.2, -0.15) is 0 Å². The smallest absolute Gasteiger partial charge is 0.147 e. The minimum Gasteiger partial charge on any atom is -0.456 e. The maximum Gasteiger partial charge on any atom is 0.147 e. The Labute approximate surface area is 293 Å². The average Bonchev–Trinajstić information content (AvgIpc) is 3.83. The highest BCUT2D eigenvalue weighted by atomic mass is 16.3. The van der Waals surface area contributed by atoms with Gasteiger partial charge in [-0.05, 0) is 93.0 Å². The predicted octanol–water partition coefficient (Wildman–Crippen LogP) is 12.7. The van der Waals surface area contributed by atoms with Crippen molar-refractivity contribution in [1.29, 1.82) is 0 Å². The van der Waals surface area contributed by atoms with E-state index in [2.05, 4.69) is 116 Å². The average molecular weight is 655 g/mol. The second-order valence-corrected chi connectivity index (χ2v) is 14.2. The van der Waals surface area contributed by atoms with Crippen molar-refractivity contribution in [3.05, 3.63) is 157 Å². The van der Waals surface area contributed by atoms with Gasteiger partial charge in [0.2, 0.25) is 0 Å². The van der Waals surface area contributed by atoms with Crippen LogP contribution < -0.4 is 0 Å². The Balaban J connectivity index is 1.08. The highest BCUT2D eigenvalue weighted by Crippen LogP contribution is 2.51. The first-order valence-electron chi connectivity index (χ1n) is 17.4. The first-order chi connectivity index (χ1) is 25.0. The minimum atomic E-state index is -0.152. The van der Waals surface area contributed by atoms with Gasteiger partial charge in [0.1, 0.15) is 22.3 Å². The fourth-order valence-electron chi connectivity index (χ4n) is 8.45. The molecule has 4 heterocycles. The summed E-state index contributed by atoms with van der Waals surface area (Å²) < 4.78 is 13.0. The molecule has 4 heteroatoms. The van der Waals surface area contributed by atoms with Crippen LogP contribution in [0.5, 0.6) is 0 Å². The monoisotopic (exact) mass is 654 g/mol. The van der Waals surface area contributed by atoms with E-state index in [0.29, 0.717) is 0 Å². The molecule has 0 saturated carbocycles. The molecule has 0 saturated heterocycles. The van der Waals surface area contributed by atoms with E-state index >= 15 is 0 Å². The number of aromatic nitrogens is 2. The molecule has 51 heavy (non-hydrogen) atoms. The molecule has 11 rings (SSSR count). The van der Waals surface area contributed by atoms with Crippen LogP contribution in [0, 0.1) is 0 Å². The number of hydrogen-bond acceptors (Lipinski definition) is 4. The molecule has 0 bridgehead atoms. The molecule has 10 aromatic rings. The van der Waals surface area contributed by atoms with Gasteiger partial charge >= 0.3 is 0 Å². The van der Waals surface area contributed by atoms with Crippen molar-refractivity contribution in [3.63, 3.8) is 0 Å². The molecule has 240 valence electrons. The van der Waals surface area contributed by atoms with Crippen LogP contribution in [0.3, 0.4) is 0 Å². The highest BCUT2D eigenvalue weighted by Gasteiger charge is 2.36. The Morgan fingerprint density at radius 2 is 1.14 bits per heavy atom. The fourth-order valence-corrected chi connectivity index (χ4v) is 8.45. The summed E-state index contributed by atoms with van der Waals surface area (Å²) in [6.07, 6.45) is 3.76. The predicted molar refractivity (Wildman–Crippen MR) is 208 cm³/mol. The van der Waals surface area contributed by atoms with Crippen molar-refractivity contribution >= 4 is 54.8 Å². The first-order valence-corrected chi connectivity index (χ1v) is 17.4. The van der Waals surface area contributed by atoms with Crippen LogP contribution in [0.4, 0.5) is 0 Å². The summed E-state index contributed by atoms with van der Waals surface area (Å²) in [7, 11) is 0. The van der Waals surface area contributed by atoms with E-state index in [1.165, 1.54) is 33.4 Å². The van der Waals surface area contributed by atoms with Crippen LogP contribution in [-0.4, -0.2) is 9.97 Å². The molecule has 0 unspecified atom stereocenters. The van der Waals surface area contributed by atoms with Crippen LogP contribution in [0.25, 0.3) is 99.4 Å². The fraction of sp³-hybridized carbons (Fsp3) is 0.0638. The van der Waals surface area contributed by atoms with Crippen LogP contribution >= 0.6 is 0 Å². The van der Waals surface area contributed by atoms with Gasteiger partial charge in [0.25, 0.3) is 0 Å². The van der Waals surface area contributed by atoms with Crippen LogP contribution in [0.2, 0.25) is 0 Å². The summed E-state index contributed by atoms with van der Waals surface area (Å²) >= 11 is 0. The first kappa shape index (κ1) is 28.3. The zero-order valence-corrected chi connectivity index (χ0v) is 28.1.